The Bertz CT molecular complexity index is 1860. The molecule has 1 aromatic rings. The van der Waals surface area contributed by atoms with Gasteiger partial charge in [-0.25, -0.2) is 22.6 Å². The summed E-state index contributed by atoms with van der Waals surface area (Å²) in [4.78, 5) is 14.5. The van der Waals surface area contributed by atoms with Crippen LogP contribution in [0.15, 0.2) is 89.6 Å². The number of allylic oxidation sites excluding steroid dienone is 5. The molecule has 1 heterocycles. The van der Waals surface area contributed by atoms with E-state index in [0.29, 0.717) is 10.8 Å². The number of aromatic nitrogens is 1. The molecule has 0 saturated heterocycles. The normalized spacial score (nSPS) is 17.3. The van der Waals surface area contributed by atoms with Crippen molar-refractivity contribution in [1.29, 1.82) is 0 Å². The first kappa shape index (κ1) is 35.9. The van der Waals surface area contributed by atoms with Crippen molar-refractivity contribution in [3.05, 3.63) is 90.0 Å². The maximum Gasteiger partial charge on any atom is 0.201 e. The van der Waals surface area contributed by atoms with E-state index in [2.05, 4.69) is 79.1 Å². The minimum Gasteiger partial charge on any atom is -0.739 e. The summed E-state index contributed by atoms with van der Waals surface area (Å²) in [5, 5.41) is 0.655. The van der Waals surface area contributed by atoms with E-state index in [1.807, 2.05) is 74.1 Å². The summed E-state index contributed by atoms with van der Waals surface area (Å²) in [5.74, 6) is 0. The van der Waals surface area contributed by atoms with Crippen LogP contribution in [0.4, 0.5) is 5.69 Å². The molecule has 240 valence electrons. The number of anilines is 1. The molecule has 5 rings (SSSR count). The fraction of sp³-hybridized carbons (Fsp3) is 0.333. The van der Waals surface area contributed by atoms with Gasteiger partial charge in [0.25, 0.3) is 0 Å². The Morgan fingerprint density at radius 3 is 2.18 bits per heavy atom. The van der Waals surface area contributed by atoms with Crippen LogP contribution in [0.25, 0.3) is 20.8 Å². The van der Waals surface area contributed by atoms with Crippen molar-refractivity contribution in [3.8, 4) is 10.6 Å². The highest BCUT2D eigenvalue weighted by atomic mass is 33.1. The average Bonchev–Trinajstić information content (AvgIpc) is 2.96. The average molecular weight is 668 g/mol. The van der Waals surface area contributed by atoms with Crippen molar-refractivity contribution in [1.82, 2.24) is 14.5 Å². The van der Waals surface area contributed by atoms with Crippen LogP contribution in [-0.2, 0) is 9.15 Å². The smallest absolute Gasteiger partial charge is 0.201 e. The van der Waals surface area contributed by atoms with Crippen molar-refractivity contribution >= 4 is 58.6 Å². The molecule has 3 aliphatic carbocycles. The number of rotatable bonds is 5. The standard InChI is InChI=1S/C16H21N3O3S2.C16H18N3S.CH4/c1-18(2)13-7-5-12(6-8-13)17-15-10-9-14(19(3)4)11-16(15)23-24(20,21)22;1-18(2)11-5-7-13-15(9-11)20-16-10-12(19(3)4)6-8-14(16)17-13;/h5-11,15-16H,1-4H3;5-10H,1-4H3;1H4/q;+1;. The van der Waals surface area contributed by atoms with Gasteiger partial charge in [-0.1, -0.05) is 13.5 Å². The predicted molar refractivity (Wildman–Crippen MR) is 193 cm³/mol. The van der Waals surface area contributed by atoms with Gasteiger partial charge in [-0.2, -0.15) is 0 Å². The summed E-state index contributed by atoms with van der Waals surface area (Å²) < 4.78 is 38.9. The van der Waals surface area contributed by atoms with Crippen LogP contribution >= 0.6 is 22.1 Å². The van der Waals surface area contributed by atoms with Gasteiger partial charge in [0.2, 0.25) is 5.36 Å². The van der Waals surface area contributed by atoms with Crippen LogP contribution in [-0.4, -0.2) is 107 Å². The van der Waals surface area contributed by atoms with Gasteiger partial charge in [-0.15, -0.1) is 11.3 Å². The lowest BCUT2D eigenvalue weighted by Crippen LogP contribution is -2.26. The highest BCUT2D eigenvalue weighted by Crippen LogP contribution is 2.32. The third-order valence-corrected chi connectivity index (χ3v) is 10.3. The summed E-state index contributed by atoms with van der Waals surface area (Å²) in [7, 11) is 11.9. The van der Waals surface area contributed by atoms with Gasteiger partial charge >= 0.3 is 0 Å². The predicted octanol–water partition coefficient (Wildman–Crippen LogP) is 4.35. The molecule has 45 heavy (non-hydrogen) atoms. The molecule has 0 N–H and O–H groups in total. The monoisotopic (exact) mass is 667 g/mol. The van der Waals surface area contributed by atoms with Gasteiger partial charge in [-0.05, 0) is 59.4 Å². The molecule has 0 fully saturated rings. The molecule has 0 spiro atoms. The molecular formula is C33H43N6O3S3+. The molecule has 0 bridgehead atoms. The molecule has 2 unspecified atom stereocenters. The number of fused-ring (bicyclic) bond motifs is 2. The molecular weight excluding hydrogens is 625 g/mol. The number of nitrogens with zero attached hydrogens (tertiary/aromatic N) is 6. The van der Waals surface area contributed by atoms with Crippen molar-refractivity contribution in [2.24, 2.45) is 4.99 Å². The van der Waals surface area contributed by atoms with Crippen LogP contribution in [0.3, 0.4) is 0 Å². The summed E-state index contributed by atoms with van der Waals surface area (Å²) in [6.07, 6.45) is 13.1. The summed E-state index contributed by atoms with van der Waals surface area (Å²) in [6.45, 7) is 0. The van der Waals surface area contributed by atoms with Crippen LogP contribution < -0.4 is 14.8 Å². The molecule has 1 aromatic carbocycles. The molecule has 4 aliphatic rings. The molecule has 0 radical (unpaired) electrons. The topological polar surface area (TPSA) is 95.0 Å². The molecule has 0 saturated carbocycles. The zero-order chi connectivity index (χ0) is 32.2. The Hall–Kier alpha value is -3.58. The second-order valence-corrected chi connectivity index (χ2v) is 15.6. The SMILES string of the molecule is C.CN(C)C1=CC(SS(=O)(=O)[O-])C(N=C2C=CC(=[N+](C)C)C=C2)C=C1.CN(C)c1ccc2nc3ccc(=[N+](C)C)cc-3sc2c1. The Morgan fingerprint density at radius 1 is 0.911 bits per heavy atom. The Morgan fingerprint density at radius 2 is 1.60 bits per heavy atom. The minimum atomic E-state index is -4.41. The molecule has 2 atom stereocenters. The van der Waals surface area contributed by atoms with Crippen molar-refractivity contribution in [3.63, 3.8) is 0 Å². The highest BCUT2D eigenvalue weighted by Gasteiger charge is 2.24. The quantitative estimate of drug-likeness (QED) is 0.131. The zero-order valence-corrected chi connectivity index (χ0v) is 28.7. The van der Waals surface area contributed by atoms with Crippen LogP contribution in [0.5, 0.6) is 0 Å². The number of likely N-dealkylation sites (N-methyl/N-ethyl adjacent to an activating group) is 1. The number of hydrogen-bond acceptors (Lipinski definition) is 9. The maximum absolute atomic E-state index is 11.2. The van der Waals surface area contributed by atoms with Crippen molar-refractivity contribution in [2.75, 3.05) is 61.3 Å². The summed E-state index contributed by atoms with van der Waals surface area (Å²) in [6, 6.07) is 12.4. The fourth-order valence-corrected chi connectivity index (χ4v) is 7.52. The van der Waals surface area contributed by atoms with E-state index >= 15 is 0 Å². The lowest BCUT2D eigenvalue weighted by atomic mass is 10.1. The largest absolute Gasteiger partial charge is 0.739 e. The minimum absolute atomic E-state index is 0. The van der Waals surface area contributed by atoms with Crippen LogP contribution in [0.2, 0.25) is 0 Å². The van der Waals surface area contributed by atoms with E-state index < -0.39 is 20.4 Å². The second kappa shape index (κ2) is 15.1. The molecule has 12 heteroatoms. The third-order valence-electron chi connectivity index (χ3n) is 6.93. The van der Waals surface area contributed by atoms with E-state index in [1.165, 1.54) is 20.6 Å². The first-order chi connectivity index (χ1) is 20.7. The van der Waals surface area contributed by atoms with Crippen molar-refractivity contribution in [2.45, 2.75) is 18.7 Å². The van der Waals surface area contributed by atoms with E-state index in [0.717, 1.165) is 28.3 Å². The molecule has 0 amide bonds. The lowest BCUT2D eigenvalue weighted by Gasteiger charge is -2.26. The Kier molecular flexibility index (Phi) is 12.1. The van der Waals surface area contributed by atoms with Gasteiger partial charge in [0.15, 0.2) is 5.71 Å². The van der Waals surface area contributed by atoms with E-state index in [-0.39, 0.29) is 7.43 Å². The van der Waals surface area contributed by atoms with Crippen LogP contribution in [0, 0.1) is 0 Å². The number of hydrogen-bond donors (Lipinski definition) is 0. The molecule has 1 aliphatic heterocycles. The number of benzene rings is 2. The summed E-state index contributed by atoms with van der Waals surface area (Å²) in [5.41, 5.74) is 5.97. The highest BCUT2D eigenvalue weighted by molar-refractivity contribution is 8.70. The third kappa shape index (κ3) is 9.70. The van der Waals surface area contributed by atoms with E-state index in [9.17, 15) is 13.0 Å². The Balaban J connectivity index is 0.000000243. The molecule has 0 aromatic heterocycles. The Labute approximate surface area is 275 Å². The maximum atomic E-state index is 11.2. The van der Waals surface area contributed by atoms with Crippen molar-refractivity contribution < 1.29 is 17.5 Å². The van der Waals surface area contributed by atoms with Gasteiger partial charge in [0.1, 0.15) is 37.3 Å². The molecule has 9 nitrogen and oxygen atoms in total. The van der Waals surface area contributed by atoms with Crippen LogP contribution in [0.1, 0.15) is 7.43 Å². The lowest BCUT2D eigenvalue weighted by molar-refractivity contribution is -0.462. The number of aliphatic imine (C=N–C) groups is 1. The van der Waals surface area contributed by atoms with Gasteiger partial charge in [-0.3, -0.25) is 4.99 Å². The summed E-state index contributed by atoms with van der Waals surface area (Å²) >= 11 is 1.80. The fourth-order valence-electron chi connectivity index (χ4n) is 4.43. The van der Waals surface area contributed by atoms with E-state index in [4.69, 9.17) is 4.98 Å². The van der Waals surface area contributed by atoms with E-state index in [1.54, 1.807) is 17.4 Å². The zero-order valence-electron chi connectivity index (χ0n) is 26.3. The van der Waals surface area contributed by atoms with Gasteiger partial charge < -0.3 is 14.4 Å². The first-order valence-corrected chi connectivity index (χ1v) is 17.5. The second-order valence-electron chi connectivity index (χ2n) is 11.2. The van der Waals surface area contributed by atoms with Gasteiger partial charge in [0, 0.05) is 63.9 Å². The van der Waals surface area contributed by atoms with Gasteiger partial charge in [0.05, 0.1) is 37.8 Å². The first-order valence-electron chi connectivity index (χ1n) is 13.9.